The highest BCUT2D eigenvalue weighted by atomic mass is 32.1. The van der Waals surface area contributed by atoms with E-state index in [1.54, 1.807) is 6.92 Å². The lowest BCUT2D eigenvalue weighted by molar-refractivity contribution is -0.380. The van der Waals surface area contributed by atoms with Crippen LogP contribution in [0.2, 0.25) is 0 Å². The zero-order chi connectivity index (χ0) is 10.0. The van der Waals surface area contributed by atoms with Gasteiger partial charge >= 0.3 is 5.00 Å². The Bertz CT molecular complexity index is 359. The van der Waals surface area contributed by atoms with Crippen molar-refractivity contribution in [2.24, 2.45) is 0 Å². The number of thiophene rings is 1. The first-order chi connectivity index (χ1) is 6.06. The molecule has 1 rings (SSSR count). The summed E-state index contributed by atoms with van der Waals surface area (Å²) in [6.07, 6.45) is 0.304. The number of anilines is 1. The van der Waals surface area contributed by atoms with Crippen LogP contribution in [0.4, 0.5) is 10.0 Å². The van der Waals surface area contributed by atoms with Crippen molar-refractivity contribution in [1.29, 1.82) is 0 Å². The molecule has 0 aliphatic heterocycles. The number of carbonyl (C=O) groups excluding carboxylic acids is 1. The molecular weight excluding hydrogens is 192 g/mol. The van der Waals surface area contributed by atoms with Crippen LogP contribution < -0.4 is 5.73 Å². The molecule has 0 aromatic carbocycles. The van der Waals surface area contributed by atoms with Crippen LogP contribution in [0.25, 0.3) is 0 Å². The number of hydrogen-bond acceptors (Lipinski definition) is 5. The summed E-state index contributed by atoms with van der Waals surface area (Å²) in [7, 11) is 0. The summed E-state index contributed by atoms with van der Waals surface area (Å²) < 4.78 is 0. The Morgan fingerprint density at radius 2 is 2.38 bits per heavy atom. The van der Waals surface area contributed by atoms with Crippen LogP contribution in [0, 0.1) is 10.1 Å². The van der Waals surface area contributed by atoms with Gasteiger partial charge in [0.1, 0.15) is 5.00 Å². The number of nitrogen functional groups attached to an aromatic ring is 1. The number of nitrogens with two attached hydrogens (primary N) is 1. The highest BCUT2D eigenvalue weighted by molar-refractivity contribution is 7.19. The topological polar surface area (TPSA) is 86.2 Å². The minimum absolute atomic E-state index is 0.0886. The summed E-state index contributed by atoms with van der Waals surface area (Å²) in [5.41, 5.74) is 5.71. The van der Waals surface area contributed by atoms with Crippen LogP contribution in [-0.4, -0.2) is 10.7 Å². The van der Waals surface area contributed by atoms with Crippen LogP contribution in [0.3, 0.4) is 0 Å². The molecule has 1 aromatic rings. The maximum Gasteiger partial charge on any atom is 0.326 e. The summed E-state index contributed by atoms with van der Waals surface area (Å²) >= 11 is 0.824. The van der Waals surface area contributed by atoms with Crippen LogP contribution >= 0.6 is 11.3 Å². The fourth-order valence-corrected chi connectivity index (χ4v) is 1.65. The van der Waals surface area contributed by atoms with Crippen LogP contribution in [0.5, 0.6) is 0 Å². The van der Waals surface area contributed by atoms with E-state index in [0.717, 1.165) is 11.3 Å². The molecule has 0 unspecified atom stereocenters. The van der Waals surface area contributed by atoms with Gasteiger partial charge in [-0.05, 0) is 11.3 Å². The molecule has 0 saturated heterocycles. The summed E-state index contributed by atoms with van der Waals surface area (Å²) in [6, 6.07) is 1.23. The number of carbonyl (C=O) groups is 1. The molecule has 0 fully saturated rings. The number of ketones is 1. The molecule has 0 amide bonds. The predicted octanol–water partition coefficient (Wildman–Crippen LogP) is 1.83. The molecule has 0 bridgehead atoms. The molecule has 1 aromatic heterocycles. The number of nitro groups is 1. The fraction of sp³-hybridized carbons (Fsp3) is 0.286. The Hall–Kier alpha value is -1.43. The molecule has 0 atom stereocenters. The molecular formula is C7H8N2O3S. The standard InChI is InChI=1S/C7H8N2O3S/c1-2-5(10)4-3-6(9(11)12)13-7(4)8/h3H,2,8H2,1H3. The van der Waals surface area contributed by atoms with Crippen molar-refractivity contribution in [2.75, 3.05) is 5.73 Å². The molecule has 70 valence electrons. The maximum atomic E-state index is 11.2. The van der Waals surface area contributed by atoms with Gasteiger partial charge in [0.2, 0.25) is 0 Å². The van der Waals surface area contributed by atoms with E-state index in [4.69, 9.17) is 5.73 Å². The second-order valence-electron chi connectivity index (χ2n) is 2.40. The third-order valence-electron chi connectivity index (χ3n) is 1.55. The van der Waals surface area contributed by atoms with Crippen molar-refractivity contribution in [3.05, 3.63) is 21.7 Å². The predicted molar refractivity (Wildman–Crippen MR) is 50.0 cm³/mol. The number of rotatable bonds is 3. The van der Waals surface area contributed by atoms with Gasteiger partial charge in [-0.1, -0.05) is 6.92 Å². The largest absolute Gasteiger partial charge is 0.390 e. The van der Waals surface area contributed by atoms with Crippen molar-refractivity contribution in [1.82, 2.24) is 0 Å². The van der Waals surface area contributed by atoms with Crippen molar-refractivity contribution >= 4 is 27.1 Å². The Kier molecular flexibility index (Phi) is 2.62. The molecule has 0 radical (unpaired) electrons. The minimum atomic E-state index is -0.548. The first-order valence-electron chi connectivity index (χ1n) is 3.63. The quantitative estimate of drug-likeness (QED) is 0.458. The first-order valence-corrected chi connectivity index (χ1v) is 4.44. The van der Waals surface area contributed by atoms with Gasteiger partial charge in [0, 0.05) is 12.5 Å². The van der Waals surface area contributed by atoms with Crippen LogP contribution in [0.15, 0.2) is 6.07 Å². The molecule has 2 N–H and O–H groups in total. The smallest absolute Gasteiger partial charge is 0.326 e. The van der Waals surface area contributed by atoms with E-state index in [9.17, 15) is 14.9 Å². The van der Waals surface area contributed by atoms with E-state index in [-0.39, 0.29) is 21.3 Å². The monoisotopic (exact) mass is 200 g/mol. The second kappa shape index (κ2) is 3.53. The second-order valence-corrected chi connectivity index (χ2v) is 3.46. The molecule has 6 heteroatoms. The van der Waals surface area contributed by atoms with Crippen molar-refractivity contribution in [3.8, 4) is 0 Å². The normalized spacial score (nSPS) is 9.92. The van der Waals surface area contributed by atoms with Crippen LogP contribution in [0.1, 0.15) is 23.7 Å². The van der Waals surface area contributed by atoms with E-state index in [0.29, 0.717) is 6.42 Å². The molecule has 0 saturated carbocycles. The Morgan fingerprint density at radius 1 is 1.77 bits per heavy atom. The summed E-state index contributed by atoms with van der Waals surface area (Å²) in [6.45, 7) is 1.69. The lowest BCUT2D eigenvalue weighted by atomic mass is 10.2. The van der Waals surface area contributed by atoms with Gasteiger partial charge in [0.25, 0.3) is 0 Å². The average molecular weight is 200 g/mol. The summed E-state index contributed by atoms with van der Waals surface area (Å²) in [4.78, 5) is 21.0. The molecule has 5 nitrogen and oxygen atoms in total. The third-order valence-corrected chi connectivity index (χ3v) is 2.47. The fourth-order valence-electron chi connectivity index (χ4n) is 0.890. The minimum Gasteiger partial charge on any atom is -0.390 e. The van der Waals surface area contributed by atoms with Gasteiger partial charge in [0.15, 0.2) is 5.78 Å². The molecule has 0 aliphatic carbocycles. The van der Waals surface area contributed by atoms with E-state index >= 15 is 0 Å². The molecule has 13 heavy (non-hydrogen) atoms. The number of nitrogens with zero attached hydrogens (tertiary/aromatic N) is 1. The van der Waals surface area contributed by atoms with Crippen molar-refractivity contribution in [3.63, 3.8) is 0 Å². The van der Waals surface area contributed by atoms with E-state index in [2.05, 4.69) is 0 Å². The highest BCUT2D eigenvalue weighted by Gasteiger charge is 2.18. The zero-order valence-electron chi connectivity index (χ0n) is 6.94. The molecule has 0 aliphatic rings. The Labute approximate surface area is 78.3 Å². The van der Waals surface area contributed by atoms with E-state index in [1.165, 1.54) is 6.07 Å². The summed E-state index contributed by atoms with van der Waals surface area (Å²) in [5, 5.41) is 10.5. The SMILES string of the molecule is CCC(=O)c1cc([N+](=O)[O-])sc1N. The third kappa shape index (κ3) is 1.83. The van der Waals surface area contributed by atoms with Crippen LogP contribution in [-0.2, 0) is 0 Å². The number of Topliss-reactive ketones (excluding diaryl/α,β-unsaturated/α-hetero) is 1. The summed E-state index contributed by atoms with van der Waals surface area (Å²) in [5.74, 6) is -0.165. The average Bonchev–Trinajstić information content (AvgIpc) is 2.46. The lowest BCUT2D eigenvalue weighted by Crippen LogP contribution is -1.97. The van der Waals surface area contributed by atoms with E-state index < -0.39 is 4.92 Å². The zero-order valence-corrected chi connectivity index (χ0v) is 7.76. The van der Waals surface area contributed by atoms with Gasteiger partial charge in [-0.25, -0.2) is 0 Å². The first kappa shape index (κ1) is 9.66. The highest BCUT2D eigenvalue weighted by Crippen LogP contribution is 2.31. The lowest BCUT2D eigenvalue weighted by Gasteiger charge is -1.91. The maximum absolute atomic E-state index is 11.2. The van der Waals surface area contributed by atoms with Crippen molar-refractivity contribution < 1.29 is 9.72 Å². The van der Waals surface area contributed by atoms with Gasteiger partial charge in [-0.2, -0.15) is 0 Å². The van der Waals surface area contributed by atoms with E-state index in [1.807, 2.05) is 0 Å². The Balaban J connectivity index is 3.10. The molecule has 1 heterocycles. The van der Waals surface area contributed by atoms with Gasteiger partial charge < -0.3 is 5.73 Å². The van der Waals surface area contributed by atoms with Gasteiger partial charge in [-0.15, -0.1) is 0 Å². The van der Waals surface area contributed by atoms with Crippen molar-refractivity contribution in [2.45, 2.75) is 13.3 Å². The number of hydrogen-bond donors (Lipinski definition) is 1. The van der Waals surface area contributed by atoms with Gasteiger partial charge in [-0.3, -0.25) is 14.9 Å². The van der Waals surface area contributed by atoms with Gasteiger partial charge in [0.05, 0.1) is 10.5 Å². The Morgan fingerprint density at radius 3 is 2.77 bits per heavy atom. The molecule has 0 spiro atoms.